The van der Waals surface area contributed by atoms with E-state index in [-0.39, 0.29) is 55.4 Å². The van der Waals surface area contributed by atoms with Crippen LogP contribution >= 0.6 is 46.4 Å². The zero-order valence-electron chi connectivity index (χ0n) is 34.4. The summed E-state index contributed by atoms with van der Waals surface area (Å²) in [7, 11) is 2.53. The highest BCUT2D eigenvalue weighted by molar-refractivity contribution is 6.33. The molecule has 2 atom stereocenters. The van der Waals surface area contributed by atoms with Gasteiger partial charge in [-0.2, -0.15) is 20.5 Å². The van der Waals surface area contributed by atoms with Crippen LogP contribution in [0.4, 0.5) is 34.1 Å². The molecule has 0 aliphatic heterocycles. The highest BCUT2D eigenvalue weighted by Gasteiger charge is 2.28. The van der Waals surface area contributed by atoms with E-state index in [4.69, 9.17) is 55.9 Å². The van der Waals surface area contributed by atoms with Crippen LogP contribution in [0.15, 0.2) is 118 Å². The fraction of sp³-hybridized carbons (Fsp3) is 0.182. The maximum Gasteiger partial charge on any atom is 0.258 e. The molecule has 0 aliphatic rings. The number of nitrogens with one attached hydrogen (secondary N) is 4. The maximum absolute atomic E-state index is 13.5. The number of rotatable bonds is 18. The molecular formula is C44H38Cl4N8O8. The Labute approximate surface area is 386 Å². The van der Waals surface area contributed by atoms with Crippen LogP contribution in [0.5, 0.6) is 11.5 Å². The number of nitrogens with zero attached hydrogens (tertiary/aromatic N) is 4. The van der Waals surface area contributed by atoms with Gasteiger partial charge in [0, 0.05) is 34.3 Å². The van der Waals surface area contributed by atoms with E-state index in [2.05, 4.69) is 41.7 Å². The van der Waals surface area contributed by atoms with Crippen molar-refractivity contribution in [3.05, 3.63) is 129 Å². The van der Waals surface area contributed by atoms with Gasteiger partial charge >= 0.3 is 0 Å². The molecule has 20 heteroatoms. The normalized spacial score (nSPS) is 12.0. The molecule has 5 aromatic rings. The molecule has 330 valence electrons. The molecule has 0 bridgehead atoms. The van der Waals surface area contributed by atoms with Crippen LogP contribution in [-0.4, -0.2) is 61.5 Å². The molecule has 0 saturated carbocycles. The fourth-order valence-electron chi connectivity index (χ4n) is 5.67. The summed E-state index contributed by atoms with van der Waals surface area (Å²) in [6.07, 6.45) is 0. The van der Waals surface area contributed by atoms with Crippen molar-refractivity contribution < 1.29 is 38.2 Å². The molecule has 0 fully saturated rings. The van der Waals surface area contributed by atoms with Crippen molar-refractivity contribution in [3.63, 3.8) is 0 Å². The Morgan fingerprint density at radius 2 is 0.891 bits per heavy atom. The Morgan fingerprint density at radius 3 is 1.20 bits per heavy atom. The molecule has 16 nitrogen and oxygen atoms in total. The topological polar surface area (TPSA) is 218 Å². The van der Waals surface area contributed by atoms with Gasteiger partial charge in [-0.15, -0.1) is 23.2 Å². The molecule has 0 aromatic heterocycles. The number of carbonyl (C=O) groups is 6. The van der Waals surface area contributed by atoms with E-state index in [0.717, 1.165) is 25.0 Å². The third-order valence-electron chi connectivity index (χ3n) is 9.01. The highest BCUT2D eigenvalue weighted by atomic mass is 35.5. The van der Waals surface area contributed by atoms with Crippen LogP contribution in [-0.2, 0) is 30.9 Å². The molecule has 0 radical (unpaired) electrons. The molecule has 0 spiro atoms. The summed E-state index contributed by atoms with van der Waals surface area (Å²) < 4.78 is 11.0. The SMILES string of the molecule is COc1c(NC(=O)C(N=Nc2cc(C(=O)Nc3ccc(CCl)cc3)ccc2Cl)C(C)=O)ccc(NC(=O)C(N=Nc2cc(C(=O)Nc3ccc(CCl)cc3)ccc2Cl)C(C)=O)c1OC. The summed E-state index contributed by atoms with van der Waals surface area (Å²) in [4.78, 5) is 78.3. The van der Waals surface area contributed by atoms with E-state index in [1.165, 1.54) is 62.8 Å². The van der Waals surface area contributed by atoms with Gasteiger partial charge in [0.25, 0.3) is 23.6 Å². The molecule has 64 heavy (non-hydrogen) atoms. The molecule has 0 heterocycles. The average molecular weight is 949 g/mol. The third kappa shape index (κ3) is 12.5. The third-order valence-corrected chi connectivity index (χ3v) is 10.3. The van der Waals surface area contributed by atoms with Gasteiger partial charge in [0.2, 0.25) is 12.1 Å². The van der Waals surface area contributed by atoms with Gasteiger partial charge in [-0.25, -0.2) is 0 Å². The Kier molecular flexibility index (Phi) is 17.0. The monoisotopic (exact) mass is 946 g/mol. The average Bonchev–Trinajstić information content (AvgIpc) is 3.28. The minimum Gasteiger partial charge on any atom is -0.491 e. The van der Waals surface area contributed by atoms with Gasteiger partial charge in [0.15, 0.2) is 23.1 Å². The summed E-state index contributed by atoms with van der Waals surface area (Å²) >= 11 is 24.3. The fourth-order valence-corrected chi connectivity index (χ4v) is 6.33. The molecular weight excluding hydrogens is 910 g/mol. The lowest BCUT2D eigenvalue weighted by Crippen LogP contribution is -2.32. The van der Waals surface area contributed by atoms with Gasteiger partial charge in [-0.1, -0.05) is 47.5 Å². The van der Waals surface area contributed by atoms with Crippen LogP contribution < -0.4 is 30.7 Å². The first kappa shape index (κ1) is 48.3. The number of ketones is 2. The lowest BCUT2D eigenvalue weighted by molar-refractivity contribution is -0.127. The Hall–Kier alpha value is -6.72. The zero-order valence-corrected chi connectivity index (χ0v) is 37.4. The number of halogens is 4. The number of amides is 4. The molecule has 4 N–H and O–H groups in total. The largest absolute Gasteiger partial charge is 0.491 e. The number of ether oxygens (including phenoxy) is 2. The quantitative estimate of drug-likeness (QED) is 0.0375. The minimum absolute atomic E-state index is 0.00761. The van der Waals surface area contributed by atoms with Crippen molar-refractivity contribution in [1.82, 2.24) is 0 Å². The molecule has 5 rings (SSSR count). The summed E-state index contributed by atoms with van der Waals surface area (Å²) in [6.45, 7) is 2.27. The second-order valence-corrected chi connectivity index (χ2v) is 14.9. The van der Waals surface area contributed by atoms with E-state index in [1.807, 2.05) is 0 Å². The van der Waals surface area contributed by atoms with Crippen molar-refractivity contribution in [2.24, 2.45) is 20.5 Å². The van der Waals surface area contributed by atoms with Crippen molar-refractivity contribution in [3.8, 4) is 11.5 Å². The van der Waals surface area contributed by atoms with Crippen molar-refractivity contribution >= 4 is 116 Å². The number of hydrogen-bond donors (Lipinski definition) is 4. The smallest absolute Gasteiger partial charge is 0.258 e. The molecule has 5 aromatic carbocycles. The number of Topliss-reactive ketones (excluding diaryl/α,β-unsaturated/α-hetero) is 2. The van der Waals surface area contributed by atoms with Crippen molar-refractivity contribution in [1.29, 1.82) is 0 Å². The lowest BCUT2D eigenvalue weighted by atomic mass is 10.1. The number of carbonyl (C=O) groups excluding carboxylic acids is 6. The maximum atomic E-state index is 13.5. The highest BCUT2D eigenvalue weighted by Crippen LogP contribution is 2.42. The summed E-state index contributed by atoms with van der Waals surface area (Å²) in [5.41, 5.74) is 3.18. The predicted octanol–water partition coefficient (Wildman–Crippen LogP) is 10.4. The first-order valence-corrected chi connectivity index (χ1v) is 20.7. The second-order valence-electron chi connectivity index (χ2n) is 13.6. The van der Waals surface area contributed by atoms with Crippen LogP contribution in [0.1, 0.15) is 45.7 Å². The number of methoxy groups -OCH3 is 2. The standard InChI is InChI=1S/C44H38Cl4N8O8/c1-23(57)37(55-53-35-19-27(9-15-31(35)47)41(59)49-29-11-5-25(21-45)6-12-29)43(61)51-33-17-18-34(40(64-4)39(33)63-3)52-44(62)38(24(2)58)56-54-36-20-28(10-16-32(36)48)42(60)50-30-13-7-26(22-46)8-14-30/h5-20,37-38H,21-22H2,1-4H3,(H,49,59)(H,50,60)(H,51,61)(H,52,62). The Morgan fingerprint density at radius 1 is 0.531 bits per heavy atom. The summed E-state index contributed by atoms with van der Waals surface area (Å²) in [6, 6.07) is 21.7. The predicted molar refractivity (Wildman–Crippen MR) is 246 cm³/mol. The van der Waals surface area contributed by atoms with E-state index in [9.17, 15) is 28.8 Å². The van der Waals surface area contributed by atoms with Crippen LogP contribution in [0.3, 0.4) is 0 Å². The minimum atomic E-state index is -1.68. The van der Waals surface area contributed by atoms with Gasteiger partial charge in [-0.3, -0.25) is 28.8 Å². The molecule has 0 saturated heterocycles. The van der Waals surface area contributed by atoms with E-state index >= 15 is 0 Å². The first-order chi connectivity index (χ1) is 30.6. The van der Waals surface area contributed by atoms with Gasteiger partial charge in [0.05, 0.1) is 35.6 Å². The number of anilines is 4. The first-order valence-electron chi connectivity index (χ1n) is 18.9. The second kappa shape index (κ2) is 22.6. The van der Waals surface area contributed by atoms with Crippen molar-refractivity contribution in [2.45, 2.75) is 37.7 Å². The molecule has 0 aliphatic carbocycles. The summed E-state index contributed by atoms with van der Waals surface area (Å²) in [5, 5.41) is 26.8. The van der Waals surface area contributed by atoms with Gasteiger partial charge in [-0.05, 0) is 97.8 Å². The Bertz CT molecular complexity index is 2460. The number of azo groups is 2. The van der Waals surface area contributed by atoms with E-state index in [0.29, 0.717) is 23.1 Å². The van der Waals surface area contributed by atoms with Crippen LogP contribution in [0.2, 0.25) is 10.0 Å². The number of benzene rings is 5. The van der Waals surface area contributed by atoms with E-state index in [1.54, 1.807) is 48.5 Å². The molecule has 4 amide bonds. The summed E-state index contributed by atoms with van der Waals surface area (Å²) in [5.74, 6) is -3.68. The van der Waals surface area contributed by atoms with E-state index < -0.39 is 47.3 Å². The van der Waals surface area contributed by atoms with Crippen molar-refractivity contribution in [2.75, 3.05) is 35.5 Å². The number of alkyl halides is 2. The zero-order chi connectivity index (χ0) is 46.5. The van der Waals surface area contributed by atoms with Crippen LogP contribution in [0.25, 0.3) is 0 Å². The number of hydrogen-bond acceptors (Lipinski definition) is 12. The lowest BCUT2D eigenvalue weighted by Gasteiger charge is -2.19. The molecule has 2 unspecified atom stereocenters. The Balaban J connectivity index is 1.30. The van der Waals surface area contributed by atoms with Crippen LogP contribution in [0, 0.1) is 0 Å². The van der Waals surface area contributed by atoms with Gasteiger partial charge in [0.1, 0.15) is 11.4 Å². The van der Waals surface area contributed by atoms with Gasteiger partial charge < -0.3 is 30.7 Å².